The molecule has 0 spiro atoms. The molecule has 6 aromatic carbocycles. The third kappa shape index (κ3) is 25.5. The maximum Gasteiger partial charge on any atom is 0.573 e. The molecule has 7 aromatic rings. The van der Waals surface area contributed by atoms with Crippen LogP contribution in [0.3, 0.4) is 0 Å². The molecule has 24 N–H and O–H groups in total. The summed E-state index contributed by atoms with van der Waals surface area (Å²) in [4.78, 5) is 152. The number of unbranched alkanes of at least 4 members (excludes halogenated alkanes) is 1. The van der Waals surface area contributed by atoms with Crippen LogP contribution in [-0.4, -0.2) is 273 Å². The van der Waals surface area contributed by atoms with Crippen LogP contribution in [0.5, 0.6) is 51.7 Å². The zero-order chi connectivity index (χ0) is 104. The van der Waals surface area contributed by atoms with E-state index in [2.05, 4.69) is 46.9 Å². The van der Waals surface area contributed by atoms with Gasteiger partial charge in [-0.25, -0.2) is 9.59 Å². The number of carboxylic acids is 1. The number of hydrogen-bond acceptors (Lipinski definition) is 36. The van der Waals surface area contributed by atoms with Crippen LogP contribution in [0.4, 0.5) is 19.0 Å². The van der Waals surface area contributed by atoms with E-state index < -0.39 is 356 Å². The molecule has 9 heterocycles. The molecule has 45 nitrogen and oxygen atoms in total. The number of halogens is 5. The van der Waals surface area contributed by atoms with Gasteiger partial charge in [0.25, 0.3) is 16.0 Å². The van der Waals surface area contributed by atoms with Gasteiger partial charge in [0.15, 0.2) is 41.7 Å². The summed E-state index contributed by atoms with van der Waals surface area (Å²) in [6.45, 7) is 3.96. The van der Waals surface area contributed by atoms with Gasteiger partial charge < -0.3 is 153 Å². The van der Waals surface area contributed by atoms with Crippen molar-refractivity contribution < 1.29 is 173 Å². The summed E-state index contributed by atoms with van der Waals surface area (Å²) >= 11 is 14.6. The normalized spacial score (nSPS) is 27.8. The van der Waals surface area contributed by atoms with E-state index in [-0.39, 0.29) is 66.2 Å². The lowest BCUT2D eigenvalue weighted by Crippen LogP contribution is -2.64. The predicted octanol–water partition coefficient (Wildman–Crippen LogP) is 2.47. The number of likely N-dealkylation sites (N-methyl/N-ethyl adjacent to an activating group) is 1. The molecule has 15 rings (SSSR count). The Hall–Kier alpha value is -11.9. The Morgan fingerprint density at radius 3 is 1.99 bits per heavy atom. The first-order chi connectivity index (χ1) is 67.4. The standard InChI is InChI=1S/C92H106Cl2F3N11O34S/c1-37(2)24-52(100-5)85(126)106-69-55(112)28-44(31-63(98)114)83(124)104-67-43-29-60(135-57-17-12-41(71(69)115)26-50(57)93)79(140-89-77(121)75(119)80(62(36-109)138-89)141-88-76(120)74(118)73(117)59(137-88)8-6-7-21-108-22-19-64(103-90(108)130)102-82(123)39-9-14-45(15-10-39)142-92(95,96)97)61(30-43)136-58-18-13-42(27-51(58)94)78(139-65-34-91(4,99)81(122)38(3)134-65)70-86(127)105-68(87(128)129)48-33-54(111)49(35-101-20-23-143(131,132)133)72(116)66(48)47-25-40(11-16-53(47)110)46(32-56(67)113)84(125)107-70/h9-19,22,25-27,29-30,33,37-38,44,46,52,59,62,65,67-71,73-78,80-81,88-89,100-101,109-111,115-122H,6-8,20-21,23-24,28,31-32,34-36,99H2,1-5H3,(H2,98,114)(H,104,124)(H,105,127)(H,106,126)(H,107,125)(H,128,129)(H,131,132,133)(H,102,103,123,130)/t38-,44-,46+,52+,59+,62+,65?,67+,68+,69?,70-,71+,73-,74-,75+,76+,77+,78+,80+,81-,88-,89-,91-/m0/s1. The number of nitrogens with zero attached hydrogens (tertiary/aromatic N) is 2. The average molecular weight is 2070 g/mol. The molecule has 8 aliphatic rings. The van der Waals surface area contributed by atoms with Crippen LogP contribution in [0.2, 0.25) is 10.0 Å². The number of phenolic OH excluding ortho intramolecular Hbond substituents is 3. The minimum atomic E-state index is -4.99. The second kappa shape index (κ2) is 45.2. The highest BCUT2D eigenvalue weighted by Crippen LogP contribution is 2.52. The largest absolute Gasteiger partial charge is 0.573 e. The highest BCUT2D eigenvalue weighted by atomic mass is 35.5. The van der Waals surface area contributed by atoms with Gasteiger partial charge >= 0.3 is 18.0 Å². The first-order valence-corrected chi connectivity index (χ1v) is 47.2. The van der Waals surface area contributed by atoms with E-state index in [4.69, 9.17) is 72.6 Å². The van der Waals surface area contributed by atoms with Crippen LogP contribution in [-0.2, 0) is 85.2 Å². The number of nitrogens with one attached hydrogen (secondary N) is 7. The van der Waals surface area contributed by atoms with Crippen molar-refractivity contribution in [3.05, 3.63) is 169 Å². The average Bonchev–Trinajstić information content (AvgIpc) is 0.754. The van der Waals surface area contributed by atoms with Gasteiger partial charge in [0.2, 0.25) is 41.6 Å². The number of carbonyl (C=O) groups is 9. The number of rotatable bonds is 28. The number of nitrogens with two attached hydrogens (primary N) is 2. The number of fused-ring (bicyclic) bond motifs is 15. The van der Waals surface area contributed by atoms with Crippen molar-refractivity contribution in [3.63, 3.8) is 0 Å². The Morgan fingerprint density at radius 2 is 1.38 bits per heavy atom. The van der Waals surface area contributed by atoms with E-state index in [0.717, 1.165) is 89.5 Å². The minimum Gasteiger partial charge on any atom is -0.507 e. The Morgan fingerprint density at radius 1 is 0.727 bits per heavy atom. The topological polar surface area (TPSA) is 705 Å². The number of primary amides is 1. The number of aromatic nitrogens is 2. The lowest BCUT2D eigenvalue weighted by atomic mass is 9.84. The number of carbonyl (C=O) groups excluding carboxylic acids is 8. The lowest BCUT2D eigenvalue weighted by molar-refractivity contribution is -0.351. The first-order valence-electron chi connectivity index (χ1n) is 44.9. The smallest absolute Gasteiger partial charge is 0.507 e. The summed E-state index contributed by atoms with van der Waals surface area (Å²) < 4.78 is 128. The molecule has 0 radical (unpaired) electrons. The van der Waals surface area contributed by atoms with Crippen molar-refractivity contribution in [2.24, 2.45) is 23.3 Å². The molecule has 1 aromatic heterocycles. The van der Waals surface area contributed by atoms with Gasteiger partial charge in [-0.2, -0.15) is 13.4 Å². The van der Waals surface area contributed by atoms with Crippen LogP contribution < -0.4 is 73.3 Å². The van der Waals surface area contributed by atoms with E-state index in [9.17, 15) is 111 Å². The van der Waals surface area contributed by atoms with E-state index in [1.54, 1.807) is 13.8 Å². The zero-order valence-electron chi connectivity index (χ0n) is 76.6. The first kappa shape index (κ1) is 108. The summed E-state index contributed by atoms with van der Waals surface area (Å²) in [5.41, 5.74) is 6.08. The molecule has 6 amide bonds. The van der Waals surface area contributed by atoms with Crippen LogP contribution in [0.15, 0.2) is 114 Å². The van der Waals surface area contributed by atoms with Crippen molar-refractivity contribution in [1.29, 1.82) is 0 Å². The van der Waals surface area contributed by atoms with Crippen molar-refractivity contribution in [3.8, 4) is 62.9 Å². The van der Waals surface area contributed by atoms with Crippen molar-refractivity contribution in [1.82, 2.24) is 41.5 Å². The van der Waals surface area contributed by atoms with Crippen LogP contribution in [0, 0.1) is 11.8 Å². The number of aliphatic carboxylic acids is 1. The monoisotopic (exact) mass is 2070 g/mol. The third-order valence-electron chi connectivity index (χ3n) is 25.0. The predicted molar refractivity (Wildman–Crippen MR) is 489 cm³/mol. The summed E-state index contributed by atoms with van der Waals surface area (Å²) in [5.74, 6) is -23.7. The molecule has 11 bridgehead atoms. The number of aliphatic hydroxyl groups is 8. The Labute approximate surface area is 821 Å². The number of anilines is 1. The molecular weight excluding hydrogens is 1960 g/mol. The van der Waals surface area contributed by atoms with Gasteiger partial charge in [-0.05, 0) is 160 Å². The van der Waals surface area contributed by atoms with Gasteiger partial charge in [0.1, 0.15) is 113 Å². The molecular formula is C92H106Cl2F3N11O34S. The van der Waals surface area contributed by atoms with E-state index in [0.29, 0.717) is 0 Å². The number of Topliss-reactive ketones (excluding diaryl/α,β-unsaturated/α-hetero) is 2. The minimum absolute atomic E-state index is 0.0510. The number of aryl methyl sites for hydroxylation is 1. The number of carboxylic acid groups (broad SMARTS) is 1. The molecule has 143 heavy (non-hydrogen) atoms. The number of hydrogen-bond donors (Lipinski definition) is 22. The van der Waals surface area contributed by atoms with Crippen molar-refractivity contribution >= 4 is 92.1 Å². The second-order valence-electron chi connectivity index (χ2n) is 36.0. The number of aromatic hydroxyl groups is 3. The number of ether oxygens (including phenoxy) is 9. The lowest BCUT2D eigenvalue weighted by Gasteiger charge is -2.46. The fourth-order valence-electron chi connectivity index (χ4n) is 17.5. The Balaban J connectivity index is 0.926. The maximum absolute atomic E-state index is 16.8. The molecule has 0 saturated carbocycles. The zero-order valence-corrected chi connectivity index (χ0v) is 78.9. The van der Waals surface area contributed by atoms with Crippen LogP contribution in [0.1, 0.15) is 153 Å². The van der Waals surface area contributed by atoms with Crippen LogP contribution in [0.25, 0.3) is 11.1 Å². The van der Waals surface area contributed by atoms with Gasteiger partial charge in [-0.15, -0.1) is 13.2 Å². The quantitative estimate of drug-likeness (QED) is 0.0247. The van der Waals surface area contributed by atoms with E-state index in [1.807, 2.05) is 0 Å². The third-order valence-corrected chi connectivity index (χ3v) is 26.3. The number of aliphatic hydroxyl groups excluding tert-OH is 8. The van der Waals surface area contributed by atoms with Gasteiger partial charge in [0, 0.05) is 79.3 Å². The van der Waals surface area contributed by atoms with Crippen LogP contribution >= 0.6 is 23.2 Å². The molecule has 2 unspecified atom stereocenters. The number of alkyl halides is 3. The molecule has 51 heteroatoms. The van der Waals surface area contributed by atoms with Gasteiger partial charge in [0.05, 0.1) is 64.2 Å². The molecule has 3 saturated heterocycles. The molecule has 3 fully saturated rings. The molecule has 23 atom stereocenters. The SMILES string of the molecule is CN[C@H](CC(C)C)C(=O)NC1C(=O)C[C@@H](CC(N)=O)C(=O)N[C@H]2C(=O)C[C@H]3C(=O)N[C@H](C(=O)N[C@@H](C(=O)O)c4cc(O)c(CNCCS(=O)(=O)O)c(O)c4-c4cc3ccc4O)[C@H](OC3C[C@](C)(N)[C@@H](O)[C@H](C)O3)c3ccc(c(Cl)c3)Oc3cc2cc(c3O[C@@H]2O[C@H](CO)[C@@H](O[C@@H]3O[C@H](CCCCn4ccc(NC(=O)c5ccc(OC(F)(F)F)cc5)nc4=O)[C@H](O)[C@H](O)[C@H]3O)[C@H](O)[C@H]2O)Oc2ccc(cc2Cl)[C@H]1O. The Bertz CT molecular complexity index is 6130. The highest BCUT2D eigenvalue weighted by molar-refractivity contribution is 7.85. The molecule has 0 aliphatic carbocycles. The van der Waals surface area contributed by atoms with Crippen molar-refractivity contribution in [2.45, 2.75) is 232 Å². The summed E-state index contributed by atoms with van der Waals surface area (Å²) in [7, 11) is -3.20. The second-order valence-corrected chi connectivity index (χ2v) is 38.3. The number of benzene rings is 6. The highest BCUT2D eigenvalue weighted by Gasteiger charge is 2.54. The van der Waals surface area contributed by atoms with E-state index >= 15 is 24.0 Å². The number of phenols is 3. The summed E-state index contributed by atoms with van der Waals surface area (Å²) in [6, 6.07) is 7.35. The van der Waals surface area contributed by atoms with Crippen molar-refractivity contribution in [2.75, 3.05) is 31.3 Å². The number of ketones is 2. The summed E-state index contributed by atoms with van der Waals surface area (Å²) in [5, 5.41) is 159. The fourth-order valence-corrected chi connectivity index (χ4v) is 18.4. The fraction of sp³-hybridized carbons (Fsp3) is 0.467. The maximum atomic E-state index is 16.8. The molecule has 774 valence electrons. The van der Waals surface area contributed by atoms with E-state index in [1.165, 1.54) is 45.3 Å². The van der Waals surface area contributed by atoms with Gasteiger partial charge in [-0.1, -0.05) is 55.2 Å². The number of amides is 6. The summed E-state index contributed by atoms with van der Waals surface area (Å²) in [6.07, 6.45) is -36.4. The molecule has 8 aliphatic heterocycles. The van der Waals surface area contributed by atoms with Gasteiger partial charge in [-0.3, -0.25) is 47.5 Å². The Kier molecular flexibility index (Phi) is 34.2.